The number of hydrogen-bond donors (Lipinski definition) is 1. The summed E-state index contributed by atoms with van der Waals surface area (Å²) < 4.78 is 1.62. The van der Waals surface area contributed by atoms with Crippen LogP contribution in [-0.4, -0.2) is 9.78 Å². The lowest BCUT2D eigenvalue weighted by Crippen LogP contribution is -2.13. The fraction of sp³-hybridized carbons (Fsp3) is 0.400. The second kappa shape index (κ2) is 4.84. The van der Waals surface area contributed by atoms with E-state index in [4.69, 9.17) is 0 Å². The molecule has 1 heterocycles. The van der Waals surface area contributed by atoms with Crippen molar-refractivity contribution >= 4 is 0 Å². The first-order valence-corrected chi connectivity index (χ1v) is 6.35. The van der Waals surface area contributed by atoms with Gasteiger partial charge in [-0.15, -0.1) is 0 Å². The highest BCUT2D eigenvalue weighted by molar-refractivity contribution is 5.38. The summed E-state index contributed by atoms with van der Waals surface area (Å²) >= 11 is 0. The Labute approximate surface area is 107 Å². The van der Waals surface area contributed by atoms with Crippen LogP contribution in [0.15, 0.2) is 29.1 Å². The first-order valence-electron chi connectivity index (χ1n) is 6.35. The standard InChI is InChI=1S/C15H20N2O/c1-10(2)5-13-9-15(18)17(16-13)14-7-11(3)6-12(4)8-14/h6-10,16H,5H2,1-4H3. The van der Waals surface area contributed by atoms with Crippen molar-refractivity contribution < 1.29 is 0 Å². The van der Waals surface area contributed by atoms with Crippen molar-refractivity contribution in [2.75, 3.05) is 0 Å². The van der Waals surface area contributed by atoms with Gasteiger partial charge in [-0.2, -0.15) is 0 Å². The monoisotopic (exact) mass is 244 g/mol. The Morgan fingerprint density at radius 1 is 1.11 bits per heavy atom. The maximum Gasteiger partial charge on any atom is 0.271 e. The summed E-state index contributed by atoms with van der Waals surface area (Å²) in [5.41, 5.74) is 4.24. The van der Waals surface area contributed by atoms with E-state index in [0.29, 0.717) is 5.92 Å². The number of aromatic nitrogens is 2. The lowest BCUT2D eigenvalue weighted by atomic mass is 10.1. The molecular formula is C15H20N2O. The van der Waals surface area contributed by atoms with E-state index in [9.17, 15) is 4.79 Å². The van der Waals surface area contributed by atoms with E-state index in [-0.39, 0.29) is 5.56 Å². The molecule has 18 heavy (non-hydrogen) atoms. The number of hydrogen-bond acceptors (Lipinski definition) is 1. The molecule has 0 fully saturated rings. The Morgan fingerprint density at radius 2 is 1.72 bits per heavy atom. The predicted molar refractivity (Wildman–Crippen MR) is 74.4 cm³/mol. The third kappa shape index (κ3) is 2.73. The van der Waals surface area contributed by atoms with Crippen molar-refractivity contribution in [2.45, 2.75) is 34.1 Å². The molecule has 0 aliphatic carbocycles. The zero-order chi connectivity index (χ0) is 13.3. The molecule has 3 heteroatoms. The van der Waals surface area contributed by atoms with Gasteiger partial charge in [0, 0.05) is 11.8 Å². The van der Waals surface area contributed by atoms with E-state index in [1.54, 1.807) is 10.7 Å². The van der Waals surface area contributed by atoms with Gasteiger partial charge in [-0.1, -0.05) is 19.9 Å². The van der Waals surface area contributed by atoms with E-state index in [1.807, 2.05) is 26.0 Å². The maximum absolute atomic E-state index is 12.0. The summed E-state index contributed by atoms with van der Waals surface area (Å²) in [6, 6.07) is 7.83. The Hall–Kier alpha value is -1.77. The zero-order valence-electron chi connectivity index (χ0n) is 11.4. The van der Waals surface area contributed by atoms with Gasteiger partial charge in [0.25, 0.3) is 5.56 Å². The van der Waals surface area contributed by atoms with Gasteiger partial charge in [0.15, 0.2) is 0 Å². The van der Waals surface area contributed by atoms with Crippen LogP contribution in [0.5, 0.6) is 0 Å². The smallest absolute Gasteiger partial charge is 0.271 e. The van der Waals surface area contributed by atoms with E-state index in [0.717, 1.165) is 28.9 Å². The number of H-pyrrole nitrogens is 1. The minimum atomic E-state index is 0.00986. The number of benzene rings is 1. The highest BCUT2D eigenvalue weighted by Crippen LogP contribution is 2.12. The lowest BCUT2D eigenvalue weighted by Gasteiger charge is -2.06. The molecule has 0 saturated heterocycles. The Balaban J connectivity index is 2.44. The van der Waals surface area contributed by atoms with Crippen molar-refractivity contribution in [3.05, 3.63) is 51.4 Å². The third-order valence-electron chi connectivity index (χ3n) is 2.87. The Morgan fingerprint density at radius 3 is 2.28 bits per heavy atom. The summed E-state index contributed by atoms with van der Waals surface area (Å²) in [7, 11) is 0. The van der Waals surface area contributed by atoms with Crippen molar-refractivity contribution in [3.63, 3.8) is 0 Å². The summed E-state index contributed by atoms with van der Waals surface area (Å²) in [6.45, 7) is 8.37. The van der Waals surface area contributed by atoms with Crippen molar-refractivity contribution in [1.82, 2.24) is 9.78 Å². The Kier molecular flexibility index (Phi) is 3.41. The molecule has 96 valence electrons. The van der Waals surface area contributed by atoms with Gasteiger partial charge in [-0.3, -0.25) is 9.89 Å². The lowest BCUT2D eigenvalue weighted by molar-refractivity contribution is 0.628. The summed E-state index contributed by atoms with van der Waals surface area (Å²) in [6.07, 6.45) is 0.896. The quantitative estimate of drug-likeness (QED) is 0.885. The topological polar surface area (TPSA) is 37.8 Å². The summed E-state index contributed by atoms with van der Waals surface area (Å²) in [5.74, 6) is 0.538. The zero-order valence-corrected chi connectivity index (χ0v) is 11.4. The van der Waals surface area contributed by atoms with Crippen LogP contribution in [0.1, 0.15) is 30.7 Å². The number of aryl methyl sites for hydroxylation is 2. The van der Waals surface area contributed by atoms with E-state index < -0.39 is 0 Å². The average molecular weight is 244 g/mol. The third-order valence-corrected chi connectivity index (χ3v) is 2.87. The first kappa shape index (κ1) is 12.7. The fourth-order valence-electron chi connectivity index (χ4n) is 2.26. The van der Waals surface area contributed by atoms with Crippen molar-refractivity contribution in [2.24, 2.45) is 5.92 Å². The SMILES string of the molecule is Cc1cc(C)cc(-n2[nH]c(CC(C)C)cc2=O)c1. The normalized spacial score (nSPS) is 11.2. The molecule has 0 atom stereocenters. The van der Waals surface area contributed by atoms with Crippen LogP contribution in [-0.2, 0) is 6.42 Å². The molecule has 2 rings (SSSR count). The van der Waals surface area contributed by atoms with Gasteiger partial charge in [0.05, 0.1) is 5.69 Å². The van der Waals surface area contributed by atoms with Gasteiger partial charge in [0.2, 0.25) is 0 Å². The second-order valence-electron chi connectivity index (χ2n) is 5.40. The average Bonchev–Trinajstić information content (AvgIpc) is 2.56. The highest BCUT2D eigenvalue weighted by Gasteiger charge is 2.07. The first-order chi connectivity index (χ1) is 8.45. The van der Waals surface area contributed by atoms with E-state index >= 15 is 0 Å². The summed E-state index contributed by atoms with van der Waals surface area (Å²) in [5, 5.41) is 3.19. The molecule has 0 saturated carbocycles. The number of nitrogens with zero attached hydrogens (tertiary/aromatic N) is 1. The molecule has 0 amide bonds. The minimum absolute atomic E-state index is 0.00986. The van der Waals surface area contributed by atoms with Crippen molar-refractivity contribution in [1.29, 1.82) is 0 Å². The van der Waals surface area contributed by atoms with Gasteiger partial charge in [-0.05, 0) is 49.4 Å². The molecule has 0 aliphatic heterocycles. The van der Waals surface area contributed by atoms with Gasteiger partial charge in [-0.25, -0.2) is 4.68 Å². The number of nitrogens with one attached hydrogen (secondary N) is 1. The number of rotatable bonds is 3. The van der Waals surface area contributed by atoms with Crippen LogP contribution in [0.2, 0.25) is 0 Å². The second-order valence-corrected chi connectivity index (χ2v) is 5.40. The van der Waals surface area contributed by atoms with Crippen LogP contribution in [0.4, 0.5) is 0 Å². The molecule has 0 radical (unpaired) electrons. The fourth-order valence-corrected chi connectivity index (χ4v) is 2.26. The van der Waals surface area contributed by atoms with E-state index in [1.165, 1.54) is 0 Å². The molecule has 3 nitrogen and oxygen atoms in total. The van der Waals surface area contributed by atoms with Gasteiger partial charge in [0.1, 0.15) is 0 Å². The van der Waals surface area contributed by atoms with Gasteiger partial charge >= 0.3 is 0 Å². The van der Waals surface area contributed by atoms with Crippen molar-refractivity contribution in [3.8, 4) is 5.69 Å². The van der Waals surface area contributed by atoms with E-state index in [2.05, 4.69) is 25.0 Å². The molecule has 0 aliphatic rings. The molecule has 2 aromatic rings. The van der Waals surface area contributed by atoms with Gasteiger partial charge < -0.3 is 0 Å². The summed E-state index contributed by atoms with van der Waals surface area (Å²) in [4.78, 5) is 12.0. The highest BCUT2D eigenvalue weighted by atomic mass is 16.1. The molecule has 1 aromatic carbocycles. The van der Waals surface area contributed by atoms with Crippen LogP contribution in [0, 0.1) is 19.8 Å². The number of aromatic amines is 1. The van der Waals surface area contributed by atoms with Crippen LogP contribution < -0.4 is 5.56 Å². The predicted octanol–water partition coefficient (Wildman–Crippen LogP) is 2.98. The van der Waals surface area contributed by atoms with Crippen LogP contribution in [0.3, 0.4) is 0 Å². The molecule has 0 bridgehead atoms. The molecular weight excluding hydrogens is 224 g/mol. The van der Waals surface area contributed by atoms with Crippen LogP contribution >= 0.6 is 0 Å². The molecule has 0 spiro atoms. The molecule has 1 aromatic heterocycles. The maximum atomic E-state index is 12.0. The molecule has 0 unspecified atom stereocenters. The largest absolute Gasteiger partial charge is 0.295 e. The van der Waals surface area contributed by atoms with Crippen LogP contribution in [0.25, 0.3) is 5.69 Å². The minimum Gasteiger partial charge on any atom is -0.295 e. The molecule has 1 N–H and O–H groups in total. The Bertz CT molecular complexity index is 585.